The molecule has 1 aromatic carbocycles. The molecule has 1 atom stereocenters. The summed E-state index contributed by atoms with van der Waals surface area (Å²) < 4.78 is 1.14. The van der Waals surface area contributed by atoms with Gasteiger partial charge in [-0.15, -0.1) is 11.3 Å². The van der Waals surface area contributed by atoms with Crippen molar-refractivity contribution in [2.75, 3.05) is 0 Å². The molecule has 0 saturated heterocycles. The van der Waals surface area contributed by atoms with Crippen LogP contribution in [0.4, 0.5) is 0 Å². The average molecular weight is 310 g/mol. The molecule has 17 heavy (non-hydrogen) atoms. The van der Waals surface area contributed by atoms with Crippen molar-refractivity contribution in [3.8, 4) is 0 Å². The third kappa shape index (κ3) is 3.41. The summed E-state index contributed by atoms with van der Waals surface area (Å²) in [6.07, 6.45) is 0. The smallest absolute Gasteiger partial charge is 0.0308 e. The second-order valence-electron chi connectivity index (χ2n) is 4.18. The molecule has 90 valence electrons. The molecule has 1 nitrogen and oxygen atoms in total. The number of aryl methyl sites for hydroxylation is 1. The van der Waals surface area contributed by atoms with Crippen LogP contribution in [0.15, 0.2) is 40.2 Å². The lowest BCUT2D eigenvalue weighted by Gasteiger charge is -2.14. The third-order valence-electron chi connectivity index (χ3n) is 2.89. The number of hydrogen-bond acceptors (Lipinski definition) is 2. The van der Waals surface area contributed by atoms with Gasteiger partial charge >= 0.3 is 0 Å². The number of thiophene rings is 1. The van der Waals surface area contributed by atoms with Crippen molar-refractivity contribution >= 4 is 27.3 Å². The first-order valence-electron chi connectivity index (χ1n) is 5.68. The maximum Gasteiger partial charge on any atom is 0.0308 e. The quantitative estimate of drug-likeness (QED) is 0.865. The lowest BCUT2D eigenvalue weighted by atomic mass is 10.1. The number of hydrogen-bond donors (Lipinski definition) is 1. The number of benzene rings is 1. The highest BCUT2D eigenvalue weighted by Gasteiger charge is 2.06. The monoisotopic (exact) mass is 309 g/mol. The Kier molecular flexibility index (Phi) is 4.37. The lowest BCUT2D eigenvalue weighted by Crippen LogP contribution is -2.17. The second-order valence-corrected chi connectivity index (χ2v) is 6.10. The Labute approximate surface area is 115 Å². The first kappa shape index (κ1) is 12.8. The predicted octanol–water partition coefficient (Wildman–Crippen LogP) is 4.67. The van der Waals surface area contributed by atoms with E-state index in [2.05, 4.69) is 70.8 Å². The van der Waals surface area contributed by atoms with Crippen LogP contribution in [0.1, 0.15) is 29.0 Å². The molecule has 0 aliphatic rings. The van der Waals surface area contributed by atoms with Crippen LogP contribution in [0.2, 0.25) is 0 Å². The molecule has 3 heteroatoms. The Bertz CT molecular complexity index is 492. The van der Waals surface area contributed by atoms with Crippen LogP contribution >= 0.6 is 27.3 Å². The van der Waals surface area contributed by atoms with Crippen LogP contribution in [-0.2, 0) is 6.54 Å². The van der Waals surface area contributed by atoms with Crippen LogP contribution in [0.25, 0.3) is 0 Å². The number of rotatable bonds is 4. The summed E-state index contributed by atoms with van der Waals surface area (Å²) in [5.74, 6) is 0. The van der Waals surface area contributed by atoms with E-state index >= 15 is 0 Å². The van der Waals surface area contributed by atoms with Gasteiger partial charge in [0, 0.05) is 21.9 Å². The van der Waals surface area contributed by atoms with Crippen LogP contribution < -0.4 is 5.32 Å². The minimum atomic E-state index is 0.369. The molecular weight excluding hydrogens is 294 g/mol. The van der Waals surface area contributed by atoms with Crippen molar-refractivity contribution in [2.45, 2.75) is 26.4 Å². The van der Waals surface area contributed by atoms with Crippen LogP contribution in [-0.4, -0.2) is 0 Å². The molecule has 2 rings (SSSR count). The van der Waals surface area contributed by atoms with Crippen molar-refractivity contribution in [2.24, 2.45) is 0 Å². The molecule has 2 aromatic rings. The molecule has 1 heterocycles. The van der Waals surface area contributed by atoms with Gasteiger partial charge in [0.2, 0.25) is 0 Å². The fraction of sp³-hybridized carbons (Fsp3) is 0.286. The van der Waals surface area contributed by atoms with E-state index in [1.807, 2.05) is 11.3 Å². The van der Waals surface area contributed by atoms with Crippen LogP contribution in [0.3, 0.4) is 0 Å². The van der Waals surface area contributed by atoms with Gasteiger partial charge in [-0.25, -0.2) is 0 Å². The van der Waals surface area contributed by atoms with E-state index in [1.165, 1.54) is 16.0 Å². The lowest BCUT2D eigenvalue weighted by molar-refractivity contribution is 0.577. The van der Waals surface area contributed by atoms with Gasteiger partial charge in [-0.2, -0.15) is 0 Å². The molecule has 0 aliphatic carbocycles. The molecule has 0 bridgehead atoms. The minimum Gasteiger partial charge on any atom is -0.305 e. The van der Waals surface area contributed by atoms with Gasteiger partial charge in [-0.1, -0.05) is 28.1 Å². The summed E-state index contributed by atoms with van der Waals surface area (Å²) in [4.78, 5) is 1.42. The molecule has 0 saturated carbocycles. The molecule has 0 amide bonds. The van der Waals surface area contributed by atoms with E-state index in [-0.39, 0.29) is 0 Å². The molecule has 0 unspecified atom stereocenters. The van der Waals surface area contributed by atoms with Crippen molar-refractivity contribution < 1.29 is 0 Å². The molecule has 1 N–H and O–H groups in total. The average Bonchev–Trinajstić information content (AvgIpc) is 2.72. The summed E-state index contributed by atoms with van der Waals surface area (Å²) in [6.45, 7) is 5.30. The van der Waals surface area contributed by atoms with Gasteiger partial charge in [0.15, 0.2) is 0 Å². The molecule has 0 fully saturated rings. The molecule has 0 aliphatic heterocycles. The SMILES string of the molecule is Cc1ccsc1CN[C@H](C)c1cccc(Br)c1. The Hall–Kier alpha value is -0.640. The highest BCUT2D eigenvalue weighted by Crippen LogP contribution is 2.20. The van der Waals surface area contributed by atoms with E-state index in [1.54, 1.807) is 0 Å². The van der Waals surface area contributed by atoms with Crippen molar-refractivity contribution in [1.82, 2.24) is 5.32 Å². The van der Waals surface area contributed by atoms with Gasteiger partial charge < -0.3 is 5.32 Å². The van der Waals surface area contributed by atoms with Gasteiger partial charge in [0.05, 0.1) is 0 Å². The summed E-state index contributed by atoms with van der Waals surface area (Å²) in [5.41, 5.74) is 2.69. The van der Waals surface area contributed by atoms with Crippen molar-refractivity contribution in [1.29, 1.82) is 0 Å². The first-order chi connectivity index (χ1) is 8.16. The minimum absolute atomic E-state index is 0.369. The van der Waals surface area contributed by atoms with Gasteiger partial charge in [-0.3, -0.25) is 0 Å². The third-order valence-corrected chi connectivity index (χ3v) is 4.40. The van der Waals surface area contributed by atoms with E-state index in [0.29, 0.717) is 6.04 Å². The topological polar surface area (TPSA) is 12.0 Å². The van der Waals surface area contributed by atoms with Crippen molar-refractivity contribution in [3.63, 3.8) is 0 Å². The van der Waals surface area contributed by atoms with E-state index < -0.39 is 0 Å². The summed E-state index contributed by atoms with van der Waals surface area (Å²) in [7, 11) is 0. The Morgan fingerprint density at radius 1 is 1.35 bits per heavy atom. The van der Waals surface area contributed by atoms with Crippen LogP contribution in [0.5, 0.6) is 0 Å². The zero-order valence-corrected chi connectivity index (χ0v) is 12.4. The fourth-order valence-corrected chi connectivity index (χ4v) is 3.00. The summed E-state index contributed by atoms with van der Waals surface area (Å²) in [5, 5.41) is 5.71. The van der Waals surface area contributed by atoms with Gasteiger partial charge in [0.1, 0.15) is 0 Å². The Morgan fingerprint density at radius 2 is 2.18 bits per heavy atom. The number of halogens is 1. The molecule has 1 aromatic heterocycles. The standard InChI is InChI=1S/C14H16BrNS/c1-10-6-7-17-14(10)9-16-11(2)12-4-3-5-13(15)8-12/h3-8,11,16H,9H2,1-2H3/t11-/m1/s1. The Balaban J connectivity index is 1.98. The van der Waals surface area contributed by atoms with Gasteiger partial charge in [-0.05, 0) is 48.6 Å². The van der Waals surface area contributed by atoms with Crippen molar-refractivity contribution in [3.05, 3.63) is 56.2 Å². The molecule has 0 radical (unpaired) electrons. The molecular formula is C14H16BrNS. The van der Waals surface area contributed by atoms with E-state index in [4.69, 9.17) is 0 Å². The predicted molar refractivity (Wildman–Crippen MR) is 78.5 cm³/mol. The highest BCUT2D eigenvalue weighted by atomic mass is 79.9. The zero-order chi connectivity index (χ0) is 12.3. The Morgan fingerprint density at radius 3 is 2.82 bits per heavy atom. The first-order valence-corrected chi connectivity index (χ1v) is 7.36. The van der Waals surface area contributed by atoms with Crippen LogP contribution in [0, 0.1) is 6.92 Å². The maximum absolute atomic E-state index is 3.56. The zero-order valence-electron chi connectivity index (χ0n) is 10.0. The highest BCUT2D eigenvalue weighted by molar-refractivity contribution is 9.10. The van der Waals surface area contributed by atoms with E-state index in [9.17, 15) is 0 Å². The maximum atomic E-state index is 3.56. The summed E-state index contributed by atoms with van der Waals surface area (Å²) >= 11 is 5.32. The largest absolute Gasteiger partial charge is 0.305 e. The number of nitrogens with one attached hydrogen (secondary N) is 1. The normalized spacial score (nSPS) is 12.6. The molecule has 0 spiro atoms. The second kappa shape index (κ2) is 5.80. The fourth-order valence-electron chi connectivity index (χ4n) is 1.72. The van der Waals surface area contributed by atoms with E-state index in [0.717, 1.165) is 11.0 Å². The summed E-state index contributed by atoms with van der Waals surface area (Å²) in [6, 6.07) is 11.0. The van der Waals surface area contributed by atoms with Gasteiger partial charge in [0.25, 0.3) is 0 Å².